The van der Waals surface area contributed by atoms with E-state index >= 15 is 0 Å². The third kappa shape index (κ3) is 2.29. The lowest BCUT2D eigenvalue weighted by atomic mass is 10.1. The van der Waals surface area contributed by atoms with Gasteiger partial charge in [0.15, 0.2) is 5.65 Å². The number of para-hydroxylation sites is 2. The van der Waals surface area contributed by atoms with Gasteiger partial charge in [-0.2, -0.15) is 0 Å². The van der Waals surface area contributed by atoms with E-state index in [0.717, 1.165) is 49.7 Å². The number of hydrogen-bond acceptors (Lipinski definition) is 4. The van der Waals surface area contributed by atoms with Crippen molar-refractivity contribution in [1.29, 1.82) is 0 Å². The molecule has 0 bridgehead atoms. The monoisotopic (exact) mass is 412 g/mol. The van der Waals surface area contributed by atoms with Gasteiger partial charge in [-0.1, -0.05) is 36.4 Å². The summed E-state index contributed by atoms with van der Waals surface area (Å²) in [6, 6.07) is 26.7. The van der Waals surface area contributed by atoms with E-state index < -0.39 is 0 Å². The van der Waals surface area contributed by atoms with Gasteiger partial charge >= 0.3 is 0 Å². The van der Waals surface area contributed by atoms with Crippen LogP contribution in [0.15, 0.2) is 97.5 Å². The Hall–Kier alpha value is -4.58. The molecule has 0 aliphatic rings. The van der Waals surface area contributed by atoms with Crippen molar-refractivity contribution in [1.82, 2.24) is 29.1 Å². The zero-order chi connectivity index (χ0) is 21.1. The predicted molar refractivity (Wildman–Crippen MR) is 126 cm³/mol. The Morgan fingerprint density at radius 2 is 1.25 bits per heavy atom. The van der Waals surface area contributed by atoms with Crippen molar-refractivity contribution in [3.8, 4) is 11.6 Å². The molecule has 7 rings (SSSR count). The van der Waals surface area contributed by atoms with Crippen molar-refractivity contribution in [2.75, 3.05) is 0 Å². The summed E-state index contributed by atoms with van der Waals surface area (Å²) in [5.41, 5.74) is 5.70. The van der Waals surface area contributed by atoms with Gasteiger partial charge in [-0.3, -0.25) is 14.1 Å². The molecule has 5 aromatic heterocycles. The van der Waals surface area contributed by atoms with Crippen molar-refractivity contribution >= 4 is 44.0 Å². The highest BCUT2D eigenvalue weighted by Gasteiger charge is 2.20. The van der Waals surface area contributed by atoms with Crippen LogP contribution in [-0.2, 0) is 0 Å². The average molecular weight is 412 g/mol. The third-order valence-electron chi connectivity index (χ3n) is 5.89. The van der Waals surface area contributed by atoms with Gasteiger partial charge in [0.25, 0.3) is 0 Å². The molecule has 32 heavy (non-hydrogen) atoms. The molecule has 150 valence electrons. The Morgan fingerprint density at radius 3 is 2.12 bits per heavy atom. The maximum Gasteiger partial charge on any atom is 0.235 e. The van der Waals surface area contributed by atoms with Crippen LogP contribution in [0.1, 0.15) is 0 Å². The molecule has 7 aromatic rings. The summed E-state index contributed by atoms with van der Waals surface area (Å²) >= 11 is 0. The molecule has 0 amide bonds. The molecule has 2 aromatic carbocycles. The molecular formula is C26H16N6. The first-order chi connectivity index (χ1) is 15.9. The highest BCUT2D eigenvalue weighted by atomic mass is 15.2. The molecule has 0 saturated heterocycles. The Balaban J connectivity index is 1.71. The standard InChI is InChI=1S/C26H16N6/c1-2-8-17(9-3-1)31-21-11-5-4-10-18(21)19-16-20-23-22(12-6-13-27-23)32(25(20)30-24(19)31)26-28-14-7-15-29-26/h1-16H. The molecule has 0 radical (unpaired) electrons. The SMILES string of the molecule is c1ccc(-n2c3ccccc3c3cc4c5ncccc5n(-c5ncccn5)c4nc32)cc1. The molecule has 0 atom stereocenters. The Morgan fingerprint density at radius 1 is 0.531 bits per heavy atom. The quantitative estimate of drug-likeness (QED) is 0.378. The van der Waals surface area contributed by atoms with Gasteiger partial charge in [-0.15, -0.1) is 0 Å². The first-order valence-electron chi connectivity index (χ1n) is 10.4. The molecule has 0 aliphatic heterocycles. The Labute approximate surface area is 182 Å². The summed E-state index contributed by atoms with van der Waals surface area (Å²) in [4.78, 5) is 18.9. The molecule has 0 saturated carbocycles. The fourth-order valence-electron chi connectivity index (χ4n) is 4.56. The van der Waals surface area contributed by atoms with Crippen LogP contribution in [0.2, 0.25) is 0 Å². The number of benzene rings is 2. The maximum absolute atomic E-state index is 5.21. The predicted octanol–water partition coefficient (Wildman–Crippen LogP) is 5.46. The largest absolute Gasteiger partial charge is 0.294 e. The van der Waals surface area contributed by atoms with Crippen molar-refractivity contribution in [2.24, 2.45) is 0 Å². The fourth-order valence-corrected chi connectivity index (χ4v) is 4.56. The number of hydrogen-bond donors (Lipinski definition) is 0. The molecule has 0 spiro atoms. The topological polar surface area (TPSA) is 61.4 Å². The number of pyridine rings is 2. The minimum Gasteiger partial charge on any atom is -0.294 e. The van der Waals surface area contributed by atoms with Gasteiger partial charge in [0, 0.05) is 40.4 Å². The number of nitrogens with zero attached hydrogens (tertiary/aromatic N) is 6. The van der Waals surface area contributed by atoms with Gasteiger partial charge < -0.3 is 0 Å². The summed E-state index contributed by atoms with van der Waals surface area (Å²) in [6.45, 7) is 0. The second kappa shape index (κ2) is 6.46. The van der Waals surface area contributed by atoms with Gasteiger partial charge in [0.05, 0.1) is 16.6 Å². The van der Waals surface area contributed by atoms with E-state index in [0.29, 0.717) is 5.95 Å². The third-order valence-corrected chi connectivity index (χ3v) is 5.89. The normalized spacial score (nSPS) is 11.8. The number of rotatable bonds is 2. The maximum atomic E-state index is 5.21. The van der Waals surface area contributed by atoms with Crippen LogP contribution >= 0.6 is 0 Å². The van der Waals surface area contributed by atoms with E-state index in [4.69, 9.17) is 4.98 Å². The van der Waals surface area contributed by atoms with Crippen LogP contribution in [-0.4, -0.2) is 29.1 Å². The van der Waals surface area contributed by atoms with Gasteiger partial charge in [-0.25, -0.2) is 15.0 Å². The van der Waals surface area contributed by atoms with Crippen molar-refractivity contribution in [2.45, 2.75) is 0 Å². The first kappa shape index (κ1) is 17.1. The van der Waals surface area contributed by atoms with Crippen LogP contribution in [0.4, 0.5) is 0 Å². The Bertz CT molecular complexity index is 1640. The molecule has 0 aliphatic carbocycles. The number of fused-ring (bicyclic) bond motifs is 6. The highest BCUT2D eigenvalue weighted by Crippen LogP contribution is 2.36. The zero-order valence-corrected chi connectivity index (χ0v) is 16.9. The lowest BCUT2D eigenvalue weighted by Gasteiger charge is -2.07. The van der Waals surface area contributed by atoms with Gasteiger partial charge in [0.1, 0.15) is 5.65 Å². The molecule has 6 heteroatoms. The molecule has 5 heterocycles. The van der Waals surface area contributed by atoms with Crippen molar-refractivity contribution < 1.29 is 0 Å². The zero-order valence-electron chi connectivity index (χ0n) is 16.9. The second-order valence-corrected chi connectivity index (χ2v) is 7.67. The second-order valence-electron chi connectivity index (χ2n) is 7.67. The van der Waals surface area contributed by atoms with Crippen LogP contribution in [0.5, 0.6) is 0 Å². The lowest BCUT2D eigenvalue weighted by molar-refractivity contribution is 0.974. The van der Waals surface area contributed by atoms with E-state index in [1.165, 1.54) is 0 Å². The van der Waals surface area contributed by atoms with Gasteiger partial charge in [-0.05, 0) is 42.5 Å². The van der Waals surface area contributed by atoms with Crippen LogP contribution < -0.4 is 0 Å². The minimum atomic E-state index is 0.578. The van der Waals surface area contributed by atoms with Crippen molar-refractivity contribution in [3.05, 3.63) is 97.5 Å². The molecule has 0 unspecified atom stereocenters. The summed E-state index contributed by atoms with van der Waals surface area (Å²) in [7, 11) is 0. The first-order valence-corrected chi connectivity index (χ1v) is 10.4. The summed E-state index contributed by atoms with van der Waals surface area (Å²) < 4.78 is 4.20. The molecule has 0 N–H and O–H groups in total. The van der Waals surface area contributed by atoms with Crippen molar-refractivity contribution in [3.63, 3.8) is 0 Å². The molecular weight excluding hydrogens is 396 g/mol. The van der Waals surface area contributed by atoms with E-state index in [2.05, 4.69) is 62.0 Å². The summed E-state index contributed by atoms with van der Waals surface area (Å²) in [5, 5.41) is 3.24. The molecule has 6 nitrogen and oxygen atoms in total. The van der Waals surface area contributed by atoms with E-state index in [9.17, 15) is 0 Å². The fraction of sp³-hybridized carbons (Fsp3) is 0. The summed E-state index contributed by atoms with van der Waals surface area (Å²) in [5.74, 6) is 0.578. The van der Waals surface area contributed by atoms with Gasteiger partial charge in [0.2, 0.25) is 5.95 Å². The van der Waals surface area contributed by atoms with E-state index in [-0.39, 0.29) is 0 Å². The van der Waals surface area contributed by atoms with Crippen LogP contribution in [0, 0.1) is 0 Å². The smallest absolute Gasteiger partial charge is 0.235 e. The van der Waals surface area contributed by atoms with Crippen LogP contribution in [0.25, 0.3) is 55.6 Å². The average Bonchev–Trinajstić information content (AvgIpc) is 3.36. The van der Waals surface area contributed by atoms with E-state index in [1.807, 2.05) is 47.2 Å². The highest BCUT2D eigenvalue weighted by molar-refractivity contribution is 6.15. The minimum absolute atomic E-state index is 0.578. The number of aromatic nitrogens is 6. The van der Waals surface area contributed by atoms with E-state index in [1.54, 1.807) is 12.4 Å². The Kier molecular flexibility index (Phi) is 3.46. The lowest BCUT2D eigenvalue weighted by Crippen LogP contribution is -2.02. The van der Waals surface area contributed by atoms with Crippen LogP contribution in [0.3, 0.4) is 0 Å². The summed E-state index contributed by atoms with van der Waals surface area (Å²) in [6.07, 6.45) is 5.31. The molecule has 0 fully saturated rings.